The lowest BCUT2D eigenvalue weighted by Gasteiger charge is -2.29. The van der Waals surface area contributed by atoms with Crippen molar-refractivity contribution in [3.63, 3.8) is 0 Å². The minimum Gasteiger partial charge on any atom is -0.394 e. The zero-order chi connectivity index (χ0) is 16.4. The number of nitrogens with zero attached hydrogens (tertiary/aromatic N) is 2. The van der Waals surface area contributed by atoms with Crippen molar-refractivity contribution in [3.05, 3.63) is 16.6 Å². The molecule has 0 bridgehead atoms. The van der Waals surface area contributed by atoms with E-state index < -0.39 is 17.5 Å². The molecular weight excluding hydrogens is 318 g/mol. The van der Waals surface area contributed by atoms with Crippen LogP contribution in [0.2, 0.25) is 0 Å². The molecule has 2 aromatic rings. The molecule has 124 valence electrons. The van der Waals surface area contributed by atoms with Crippen LogP contribution in [0.4, 0.5) is 5.82 Å². The van der Waals surface area contributed by atoms with Gasteiger partial charge in [-0.3, -0.25) is 0 Å². The topological polar surface area (TPSA) is 99.7 Å². The van der Waals surface area contributed by atoms with Gasteiger partial charge in [0.15, 0.2) is 5.79 Å². The molecule has 0 radical (unpaired) electrons. The molecule has 2 saturated heterocycles. The third-order valence-corrected chi connectivity index (χ3v) is 5.50. The second-order valence-electron chi connectivity index (χ2n) is 6.58. The molecule has 0 unspecified atom stereocenters. The third-order valence-electron chi connectivity index (χ3n) is 4.48. The lowest BCUT2D eigenvalue weighted by Crippen LogP contribution is -2.40. The summed E-state index contributed by atoms with van der Waals surface area (Å²) in [6.07, 6.45) is 0.275. The highest BCUT2D eigenvalue weighted by Gasteiger charge is 2.64. The Labute approximate surface area is 137 Å². The maximum atomic E-state index is 9.67. The molecule has 4 heterocycles. The van der Waals surface area contributed by atoms with Gasteiger partial charge < -0.3 is 25.1 Å². The second-order valence-corrected chi connectivity index (χ2v) is 7.49. The number of aliphatic hydroxyl groups is 1. The molecular formula is C15H19N3O4S. The van der Waals surface area contributed by atoms with Crippen LogP contribution in [-0.4, -0.2) is 45.3 Å². The Bertz CT molecular complexity index is 764. The molecule has 23 heavy (non-hydrogen) atoms. The molecule has 0 saturated carbocycles. The van der Waals surface area contributed by atoms with E-state index in [2.05, 4.69) is 9.97 Å². The van der Waals surface area contributed by atoms with Gasteiger partial charge in [-0.1, -0.05) is 0 Å². The van der Waals surface area contributed by atoms with E-state index in [1.165, 1.54) is 17.7 Å². The molecule has 0 spiro atoms. The maximum Gasteiger partial charge on any atom is 0.164 e. The molecule has 3 N–H and O–H groups in total. The summed E-state index contributed by atoms with van der Waals surface area (Å²) < 4.78 is 18.2. The SMILES string of the molecule is CC1(C)O[C@@H]2[C@@H](CO)O[C@@H](c3scc4c(N)ncnc34)[C@]2(C)O1. The smallest absolute Gasteiger partial charge is 0.164 e. The summed E-state index contributed by atoms with van der Waals surface area (Å²) >= 11 is 1.51. The predicted octanol–water partition coefficient (Wildman–Crippen LogP) is 1.62. The van der Waals surface area contributed by atoms with E-state index in [1.54, 1.807) is 0 Å². The van der Waals surface area contributed by atoms with Gasteiger partial charge in [0.25, 0.3) is 0 Å². The number of hydrogen-bond donors (Lipinski definition) is 2. The minimum atomic E-state index is -0.726. The van der Waals surface area contributed by atoms with Crippen molar-refractivity contribution in [2.75, 3.05) is 12.3 Å². The summed E-state index contributed by atoms with van der Waals surface area (Å²) in [5, 5.41) is 12.4. The van der Waals surface area contributed by atoms with Crippen LogP contribution in [-0.2, 0) is 14.2 Å². The van der Waals surface area contributed by atoms with Gasteiger partial charge in [0.05, 0.1) is 22.4 Å². The van der Waals surface area contributed by atoms with Gasteiger partial charge in [-0.05, 0) is 20.8 Å². The van der Waals surface area contributed by atoms with E-state index in [0.29, 0.717) is 5.82 Å². The number of aromatic nitrogens is 2. The molecule has 2 aliphatic heterocycles. The second kappa shape index (κ2) is 4.84. The number of nitrogens with two attached hydrogens (primary N) is 1. The van der Waals surface area contributed by atoms with Crippen molar-refractivity contribution in [2.45, 2.75) is 50.5 Å². The highest BCUT2D eigenvalue weighted by atomic mass is 32.1. The molecule has 0 aromatic carbocycles. The lowest BCUT2D eigenvalue weighted by molar-refractivity contribution is -0.205. The standard InChI is InChI=1S/C15H19N3O4S/c1-14(2)21-11-8(4-19)20-12(15(11,3)22-14)10-9-7(5-23-10)13(16)18-6-17-9/h5-6,8,11-12,19H,4H2,1-3H3,(H2,16,17,18)/t8-,11-,12+,15-/m1/s1. The van der Waals surface area contributed by atoms with E-state index in [0.717, 1.165) is 15.8 Å². The number of nitrogen functional groups attached to an aromatic ring is 1. The van der Waals surface area contributed by atoms with E-state index in [-0.39, 0.29) is 18.8 Å². The summed E-state index contributed by atoms with van der Waals surface area (Å²) in [4.78, 5) is 9.30. The maximum absolute atomic E-state index is 9.67. The van der Waals surface area contributed by atoms with Gasteiger partial charge in [-0.25, -0.2) is 9.97 Å². The van der Waals surface area contributed by atoms with Crippen LogP contribution in [0.15, 0.2) is 11.7 Å². The molecule has 4 atom stereocenters. The highest BCUT2D eigenvalue weighted by Crippen LogP contribution is 2.54. The highest BCUT2D eigenvalue weighted by molar-refractivity contribution is 7.11. The average molecular weight is 337 g/mol. The molecule has 0 amide bonds. The first-order valence-electron chi connectivity index (χ1n) is 7.47. The zero-order valence-corrected chi connectivity index (χ0v) is 14.0. The van der Waals surface area contributed by atoms with Crippen LogP contribution in [0.1, 0.15) is 31.8 Å². The Morgan fingerprint density at radius 3 is 2.87 bits per heavy atom. The summed E-state index contributed by atoms with van der Waals surface area (Å²) in [6, 6.07) is 0. The molecule has 4 rings (SSSR count). The van der Waals surface area contributed by atoms with Crippen molar-refractivity contribution < 1.29 is 19.3 Å². The third kappa shape index (κ3) is 2.10. The molecule has 2 aliphatic rings. The molecule has 8 heteroatoms. The van der Waals surface area contributed by atoms with Crippen LogP contribution < -0.4 is 5.73 Å². The number of rotatable bonds is 2. The number of hydrogen-bond acceptors (Lipinski definition) is 8. The largest absolute Gasteiger partial charge is 0.394 e. The van der Waals surface area contributed by atoms with Crippen molar-refractivity contribution in [1.29, 1.82) is 0 Å². The fraction of sp³-hybridized carbons (Fsp3) is 0.600. The molecule has 2 fully saturated rings. The van der Waals surface area contributed by atoms with Crippen molar-refractivity contribution in [1.82, 2.24) is 9.97 Å². The summed E-state index contributed by atoms with van der Waals surface area (Å²) in [5.41, 5.74) is 5.99. The summed E-state index contributed by atoms with van der Waals surface area (Å²) in [5.74, 6) is -0.282. The van der Waals surface area contributed by atoms with Crippen molar-refractivity contribution in [2.24, 2.45) is 0 Å². The van der Waals surface area contributed by atoms with Crippen molar-refractivity contribution >= 4 is 28.1 Å². The number of ether oxygens (including phenoxy) is 3. The van der Waals surface area contributed by atoms with Crippen LogP contribution in [0, 0.1) is 0 Å². The van der Waals surface area contributed by atoms with E-state index in [1.807, 2.05) is 26.2 Å². The van der Waals surface area contributed by atoms with Crippen LogP contribution in [0.3, 0.4) is 0 Å². The first-order chi connectivity index (χ1) is 10.9. The van der Waals surface area contributed by atoms with Gasteiger partial charge in [0.2, 0.25) is 0 Å². The number of anilines is 1. The monoisotopic (exact) mass is 337 g/mol. The number of fused-ring (bicyclic) bond motifs is 2. The zero-order valence-electron chi connectivity index (χ0n) is 13.1. The van der Waals surface area contributed by atoms with Gasteiger partial charge >= 0.3 is 0 Å². The summed E-state index contributed by atoms with van der Waals surface area (Å²) in [7, 11) is 0. The van der Waals surface area contributed by atoms with E-state index in [4.69, 9.17) is 19.9 Å². The van der Waals surface area contributed by atoms with E-state index in [9.17, 15) is 5.11 Å². The first kappa shape index (κ1) is 15.2. The van der Waals surface area contributed by atoms with Crippen LogP contribution in [0.5, 0.6) is 0 Å². The Morgan fingerprint density at radius 2 is 2.13 bits per heavy atom. The normalized spacial score (nSPS) is 35.7. The fourth-order valence-electron chi connectivity index (χ4n) is 3.61. The van der Waals surface area contributed by atoms with Crippen LogP contribution >= 0.6 is 11.3 Å². The Balaban J connectivity index is 1.83. The lowest BCUT2D eigenvalue weighted by atomic mass is 9.91. The molecule has 7 nitrogen and oxygen atoms in total. The Hall–Kier alpha value is -1.32. The number of thiophene rings is 1. The van der Waals surface area contributed by atoms with Gasteiger partial charge in [-0.15, -0.1) is 11.3 Å². The predicted molar refractivity (Wildman–Crippen MR) is 85.0 cm³/mol. The van der Waals surface area contributed by atoms with Crippen LogP contribution in [0.25, 0.3) is 10.9 Å². The molecule has 2 aromatic heterocycles. The molecule has 0 aliphatic carbocycles. The fourth-order valence-corrected chi connectivity index (χ4v) is 4.77. The van der Waals surface area contributed by atoms with Gasteiger partial charge in [-0.2, -0.15) is 0 Å². The number of aliphatic hydroxyl groups excluding tert-OH is 1. The minimum absolute atomic E-state index is 0.128. The van der Waals surface area contributed by atoms with Crippen molar-refractivity contribution in [3.8, 4) is 0 Å². The summed E-state index contributed by atoms with van der Waals surface area (Å²) in [6.45, 7) is 5.57. The Kier molecular flexibility index (Phi) is 3.20. The Morgan fingerprint density at radius 1 is 1.35 bits per heavy atom. The average Bonchev–Trinajstić information content (AvgIpc) is 3.07. The van der Waals surface area contributed by atoms with Gasteiger partial charge in [0.1, 0.15) is 36.1 Å². The quantitative estimate of drug-likeness (QED) is 0.859. The van der Waals surface area contributed by atoms with E-state index >= 15 is 0 Å². The first-order valence-corrected chi connectivity index (χ1v) is 8.35. The van der Waals surface area contributed by atoms with Gasteiger partial charge in [0, 0.05) is 5.38 Å².